The van der Waals surface area contributed by atoms with Crippen LogP contribution in [-0.4, -0.2) is 50.5 Å². The van der Waals surface area contributed by atoms with E-state index >= 15 is 0 Å². The Bertz CT molecular complexity index is 1490. The van der Waals surface area contributed by atoms with Crippen LogP contribution in [0.15, 0.2) is 40.2 Å². The van der Waals surface area contributed by atoms with Crippen molar-refractivity contribution in [3.63, 3.8) is 0 Å². The predicted octanol–water partition coefficient (Wildman–Crippen LogP) is 0.271. The highest BCUT2D eigenvalue weighted by molar-refractivity contribution is 6.02. The second-order valence-electron chi connectivity index (χ2n) is 8.50. The van der Waals surface area contributed by atoms with Crippen LogP contribution >= 0.6 is 12.4 Å². The second-order valence-corrected chi connectivity index (χ2v) is 8.50. The molecule has 0 saturated carbocycles. The molecule has 5 N–H and O–H groups in total. The summed E-state index contributed by atoms with van der Waals surface area (Å²) in [7, 11) is 0. The van der Waals surface area contributed by atoms with E-state index in [1.807, 2.05) is 24.3 Å². The fourth-order valence-electron chi connectivity index (χ4n) is 4.53. The molecule has 2 atom stereocenters. The minimum atomic E-state index is -1.91. The van der Waals surface area contributed by atoms with Gasteiger partial charge in [-0.25, -0.2) is 15.2 Å². The van der Waals surface area contributed by atoms with E-state index in [0.29, 0.717) is 28.0 Å². The van der Waals surface area contributed by atoms with Crippen molar-refractivity contribution in [2.24, 2.45) is 10.8 Å². The first-order chi connectivity index (χ1) is 16.8. The average molecular weight is 514 g/mol. The minimum absolute atomic E-state index is 0. The number of rotatable bonds is 5. The number of cyclic esters (lactones) is 1. The van der Waals surface area contributed by atoms with Crippen LogP contribution in [0.25, 0.3) is 22.3 Å². The van der Waals surface area contributed by atoms with Crippen molar-refractivity contribution in [3.05, 3.63) is 62.9 Å². The van der Waals surface area contributed by atoms with E-state index in [1.165, 1.54) is 10.8 Å². The number of carbonyl (C=O) groups is 2. The van der Waals surface area contributed by atoms with E-state index in [2.05, 4.69) is 10.5 Å². The van der Waals surface area contributed by atoms with Crippen molar-refractivity contribution in [2.45, 2.75) is 38.1 Å². The summed E-state index contributed by atoms with van der Waals surface area (Å²) >= 11 is 0. The van der Waals surface area contributed by atoms with Gasteiger partial charge in [0.1, 0.15) is 12.6 Å². The highest BCUT2D eigenvalue weighted by Crippen LogP contribution is 2.39. The zero-order chi connectivity index (χ0) is 24.9. The number of hydrogen-bond donors (Lipinski definition) is 4. The molecule has 0 saturated heterocycles. The van der Waals surface area contributed by atoms with Crippen LogP contribution in [0, 0.1) is 0 Å². The molecule has 0 bridgehead atoms. The SMILES string of the molecule is CC[C@@]1(O)C(=O)OCc2c1cc1n(c2=O)Cc2c-1nc1ccccc1c2/C=N\NC(=O)C(N)CO.Cl. The Balaban J connectivity index is 0.00000304. The number of para-hydroxylation sites is 1. The number of ether oxygens (including phenoxy) is 1. The standard InChI is InChI=1S/C24H23N5O6.ClH/c1-2-24(34)16-7-19-20-14(9-29(19)22(32)15(16)11-35-23(24)33)13(8-26-28-21(31)17(25)10-30)12-5-3-4-6-18(12)27-20;/h3-8,17,30,34H,2,9-11,25H2,1H3,(H,28,31);1H/b26-8-;/t17?,24-;/m0./s1. The van der Waals surface area contributed by atoms with E-state index in [9.17, 15) is 19.5 Å². The number of hydrogen-bond acceptors (Lipinski definition) is 9. The maximum Gasteiger partial charge on any atom is 0.343 e. The lowest BCUT2D eigenvalue weighted by Gasteiger charge is -2.31. The Labute approximate surface area is 211 Å². The summed E-state index contributed by atoms with van der Waals surface area (Å²) in [5, 5.41) is 24.8. The number of halogens is 1. The normalized spacial score (nSPS) is 18.7. The first kappa shape index (κ1) is 25.5. The number of aliphatic hydroxyl groups excluding tert-OH is 1. The number of aromatic nitrogens is 2. The van der Waals surface area contributed by atoms with Gasteiger partial charge in [-0.3, -0.25) is 9.59 Å². The maximum absolute atomic E-state index is 13.4. The zero-order valence-electron chi connectivity index (χ0n) is 19.2. The number of nitrogens with one attached hydrogen (secondary N) is 1. The van der Waals surface area contributed by atoms with Crippen molar-refractivity contribution in [3.8, 4) is 11.4 Å². The molecule has 188 valence electrons. The molecule has 2 aliphatic heterocycles. The van der Waals surface area contributed by atoms with E-state index in [1.54, 1.807) is 13.0 Å². The Morgan fingerprint density at radius 1 is 1.36 bits per heavy atom. The van der Waals surface area contributed by atoms with Crippen LogP contribution in [0.4, 0.5) is 0 Å². The number of carbonyl (C=O) groups excluding carboxylic acids is 2. The largest absolute Gasteiger partial charge is 0.458 e. The Kier molecular flexibility index (Phi) is 6.67. The lowest BCUT2D eigenvalue weighted by molar-refractivity contribution is -0.172. The second kappa shape index (κ2) is 9.43. The van der Waals surface area contributed by atoms with Crippen LogP contribution in [-0.2, 0) is 33.1 Å². The van der Waals surface area contributed by atoms with Crippen molar-refractivity contribution >= 4 is 41.4 Å². The van der Waals surface area contributed by atoms with Crippen LogP contribution in [0.1, 0.15) is 35.6 Å². The molecule has 11 nitrogen and oxygen atoms in total. The lowest BCUT2D eigenvalue weighted by atomic mass is 9.86. The molecule has 3 aromatic rings. The van der Waals surface area contributed by atoms with Gasteiger partial charge >= 0.3 is 5.97 Å². The van der Waals surface area contributed by atoms with Gasteiger partial charge in [0.05, 0.1) is 41.8 Å². The van der Waals surface area contributed by atoms with Gasteiger partial charge in [-0.05, 0) is 18.6 Å². The number of amides is 1. The van der Waals surface area contributed by atoms with Gasteiger partial charge in [0.25, 0.3) is 11.5 Å². The topological polar surface area (TPSA) is 169 Å². The summed E-state index contributed by atoms with van der Waals surface area (Å²) in [5.74, 6) is -1.43. The highest BCUT2D eigenvalue weighted by Gasteiger charge is 2.45. The predicted molar refractivity (Wildman–Crippen MR) is 133 cm³/mol. The van der Waals surface area contributed by atoms with E-state index < -0.39 is 30.1 Å². The smallest absolute Gasteiger partial charge is 0.343 e. The van der Waals surface area contributed by atoms with Crippen LogP contribution in [0.3, 0.4) is 0 Å². The molecule has 0 aliphatic carbocycles. The van der Waals surface area contributed by atoms with Gasteiger partial charge < -0.3 is 25.3 Å². The summed E-state index contributed by atoms with van der Waals surface area (Å²) in [4.78, 5) is 42.5. The Morgan fingerprint density at radius 3 is 2.83 bits per heavy atom. The van der Waals surface area contributed by atoms with Gasteiger partial charge in [0, 0.05) is 22.1 Å². The fraction of sp³-hybridized carbons (Fsp3) is 0.292. The molecular formula is C24H24ClN5O6. The summed E-state index contributed by atoms with van der Waals surface area (Å²) in [6.45, 7) is 1.09. The number of hydrazone groups is 1. The van der Waals surface area contributed by atoms with Gasteiger partial charge in [-0.2, -0.15) is 5.10 Å². The molecule has 1 unspecified atom stereocenters. The van der Waals surface area contributed by atoms with E-state index in [0.717, 1.165) is 5.39 Å². The first-order valence-electron chi connectivity index (χ1n) is 11.1. The summed E-state index contributed by atoms with van der Waals surface area (Å²) in [6, 6.07) is 7.85. The summed E-state index contributed by atoms with van der Waals surface area (Å²) < 4.78 is 6.64. The number of fused-ring (bicyclic) bond motifs is 5. The number of nitrogens with two attached hydrogens (primary N) is 1. The summed E-state index contributed by atoms with van der Waals surface area (Å²) in [6.07, 6.45) is 1.50. The highest BCUT2D eigenvalue weighted by atomic mass is 35.5. The van der Waals surface area contributed by atoms with Crippen molar-refractivity contribution < 1.29 is 24.5 Å². The number of pyridine rings is 2. The number of benzene rings is 1. The molecule has 2 aromatic heterocycles. The van der Waals surface area contributed by atoms with E-state index in [-0.39, 0.29) is 48.7 Å². The molecule has 0 radical (unpaired) electrons. The van der Waals surface area contributed by atoms with Crippen LogP contribution in [0.2, 0.25) is 0 Å². The molecule has 5 rings (SSSR count). The number of esters is 1. The molecule has 12 heteroatoms. The quantitative estimate of drug-likeness (QED) is 0.167. The first-order valence-corrected chi connectivity index (χ1v) is 11.1. The van der Waals surface area contributed by atoms with Gasteiger partial charge in [-0.15, -0.1) is 12.4 Å². The molecular weight excluding hydrogens is 490 g/mol. The average Bonchev–Trinajstić information content (AvgIpc) is 3.24. The van der Waals surface area contributed by atoms with Gasteiger partial charge in [-0.1, -0.05) is 25.1 Å². The molecule has 1 aromatic carbocycles. The third-order valence-corrected chi connectivity index (χ3v) is 6.54. The molecule has 36 heavy (non-hydrogen) atoms. The van der Waals surface area contributed by atoms with Crippen LogP contribution in [0.5, 0.6) is 0 Å². The van der Waals surface area contributed by atoms with Crippen molar-refractivity contribution in [1.82, 2.24) is 15.0 Å². The number of nitrogens with zero attached hydrogens (tertiary/aromatic N) is 3. The Morgan fingerprint density at radius 2 is 2.11 bits per heavy atom. The summed E-state index contributed by atoms with van der Waals surface area (Å²) in [5.41, 5.74) is 8.96. The maximum atomic E-state index is 13.4. The molecule has 0 fully saturated rings. The molecule has 4 heterocycles. The van der Waals surface area contributed by atoms with Gasteiger partial charge in [0.2, 0.25) is 0 Å². The van der Waals surface area contributed by atoms with E-state index in [4.69, 9.17) is 20.6 Å². The minimum Gasteiger partial charge on any atom is -0.458 e. The number of aliphatic hydroxyl groups is 2. The monoisotopic (exact) mass is 513 g/mol. The van der Waals surface area contributed by atoms with Crippen LogP contribution < -0.4 is 16.7 Å². The van der Waals surface area contributed by atoms with Crippen molar-refractivity contribution in [2.75, 3.05) is 6.61 Å². The molecule has 0 spiro atoms. The van der Waals surface area contributed by atoms with Gasteiger partial charge in [0.15, 0.2) is 5.60 Å². The fourth-order valence-corrected chi connectivity index (χ4v) is 4.53. The third-order valence-electron chi connectivity index (χ3n) is 6.54. The zero-order valence-corrected chi connectivity index (χ0v) is 20.0. The van der Waals surface area contributed by atoms with Crippen molar-refractivity contribution in [1.29, 1.82) is 0 Å². The molecule has 2 aliphatic rings. The lowest BCUT2D eigenvalue weighted by Crippen LogP contribution is -2.44. The Hall–Kier alpha value is -3.64. The third kappa shape index (κ3) is 3.77. The molecule has 1 amide bonds.